The van der Waals surface area contributed by atoms with Gasteiger partial charge in [-0.25, -0.2) is 0 Å². The Bertz CT molecular complexity index is 404. The number of aryl methyl sites for hydroxylation is 1. The van der Waals surface area contributed by atoms with Crippen LogP contribution in [-0.4, -0.2) is 19.1 Å². The maximum absolute atomic E-state index is 11.5. The largest absolute Gasteiger partial charge is 0.469 e. The Balaban J connectivity index is 2.62. The Kier molecular flexibility index (Phi) is 5.55. The van der Waals surface area contributed by atoms with Crippen molar-refractivity contribution in [3.63, 3.8) is 0 Å². The van der Waals surface area contributed by atoms with Gasteiger partial charge in [-0.05, 0) is 17.9 Å². The molecule has 1 N–H and O–H groups in total. The van der Waals surface area contributed by atoms with Gasteiger partial charge in [-0.1, -0.05) is 50.6 Å². The number of esters is 1. The molecule has 0 radical (unpaired) electrons. The monoisotopic (exact) mass is 263 g/mol. The first-order valence-electron chi connectivity index (χ1n) is 6.68. The van der Waals surface area contributed by atoms with E-state index in [1.807, 2.05) is 0 Å². The normalized spacial score (nSPS) is 13.1. The molecular weight excluding hydrogens is 238 g/mol. The van der Waals surface area contributed by atoms with Crippen LogP contribution in [0.1, 0.15) is 38.3 Å². The summed E-state index contributed by atoms with van der Waals surface area (Å²) in [5, 5.41) is 3.46. The molecule has 0 bridgehead atoms. The van der Waals surface area contributed by atoms with Crippen molar-refractivity contribution in [2.24, 2.45) is 5.41 Å². The molecule has 0 aliphatic rings. The minimum absolute atomic E-state index is 0.0128. The maximum Gasteiger partial charge on any atom is 0.307 e. The molecule has 1 atom stereocenters. The van der Waals surface area contributed by atoms with Gasteiger partial charge < -0.3 is 10.1 Å². The van der Waals surface area contributed by atoms with Gasteiger partial charge in [0.1, 0.15) is 0 Å². The summed E-state index contributed by atoms with van der Waals surface area (Å²) in [5.41, 5.74) is 2.49. The van der Waals surface area contributed by atoms with E-state index in [-0.39, 0.29) is 17.4 Å². The Labute approximate surface area is 116 Å². The van der Waals surface area contributed by atoms with Gasteiger partial charge in [-0.3, -0.25) is 4.79 Å². The number of nitrogens with one attached hydrogen (secondary N) is 1. The number of ether oxygens (including phenoxy) is 1. The van der Waals surface area contributed by atoms with Crippen LogP contribution < -0.4 is 5.32 Å². The Morgan fingerprint density at radius 2 is 1.84 bits per heavy atom. The molecule has 1 unspecified atom stereocenters. The molecule has 1 aromatic rings. The molecule has 3 heteroatoms. The van der Waals surface area contributed by atoms with Crippen molar-refractivity contribution in [2.45, 2.75) is 46.7 Å². The lowest BCUT2D eigenvalue weighted by Gasteiger charge is -2.31. The maximum atomic E-state index is 11.5. The zero-order valence-electron chi connectivity index (χ0n) is 12.6. The number of rotatable bonds is 5. The van der Waals surface area contributed by atoms with Crippen LogP contribution in [0.25, 0.3) is 0 Å². The van der Waals surface area contributed by atoms with Crippen LogP contribution in [0.2, 0.25) is 0 Å². The first-order valence-corrected chi connectivity index (χ1v) is 6.68. The summed E-state index contributed by atoms with van der Waals surface area (Å²) < 4.78 is 4.76. The van der Waals surface area contributed by atoms with Gasteiger partial charge in [0.2, 0.25) is 0 Å². The Morgan fingerprint density at radius 1 is 1.26 bits per heavy atom. The molecule has 3 nitrogen and oxygen atoms in total. The van der Waals surface area contributed by atoms with Crippen LogP contribution in [0.5, 0.6) is 0 Å². The lowest BCUT2D eigenvalue weighted by molar-refractivity contribution is -0.141. The van der Waals surface area contributed by atoms with Crippen LogP contribution in [0.15, 0.2) is 24.3 Å². The molecule has 1 rings (SSSR count). The van der Waals surface area contributed by atoms with Crippen molar-refractivity contribution in [3.8, 4) is 0 Å². The summed E-state index contributed by atoms with van der Waals surface area (Å²) >= 11 is 0. The summed E-state index contributed by atoms with van der Waals surface area (Å²) in [7, 11) is 1.43. The third-order valence-electron chi connectivity index (χ3n) is 3.32. The second-order valence-electron chi connectivity index (χ2n) is 6.07. The fourth-order valence-corrected chi connectivity index (χ4v) is 1.88. The number of methoxy groups -OCH3 is 1. The predicted molar refractivity (Wildman–Crippen MR) is 77.9 cm³/mol. The van der Waals surface area contributed by atoms with E-state index in [1.54, 1.807) is 0 Å². The smallest absolute Gasteiger partial charge is 0.307 e. The van der Waals surface area contributed by atoms with E-state index in [9.17, 15) is 4.79 Å². The fourth-order valence-electron chi connectivity index (χ4n) is 1.88. The third kappa shape index (κ3) is 5.43. The zero-order chi connectivity index (χ0) is 14.5. The van der Waals surface area contributed by atoms with Crippen LogP contribution in [0.3, 0.4) is 0 Å². The SMILES string of the molecule is COC(=O)CC(NCc1ccc(C)cc1)C(C)(C)C. The molecule has 0 saturated heterocycles. The van der Waals surface area contributed by atoms with E-state index in [2.05, 4.69) is 57.3 Å². The highest BCUT2D eigenvalue weighted by Crippen LogP contribution is 2.22. The van der Waals surface area contributed by atoms with Gasteiger partial charge >= 0.3 is 5.97 Å². The van der Waals surface area contributed by atoms with Crippen molar-refractivity contribution >= 4 is 5.97 Å². The molecule has 0 spiro atoms. The van der Waals surface area contributed by atoms with Gasteiger partial charge in [0.25, 0.3) is 0 Å². The van der Waals surface area contributed by atoms with E-state index in [1.165, 1.54) is 18.2 Å². The highest BCUT2D eigenvalue weighted by molar-refractivity contribution is 5.70. The average Bonchev–Trinajstić information content (AvgIpc) is 2.34. The molecule has 19 heavy (non-hydrogen) atoms. The summed E-state index contributed by atoms with van der Waals surface area (Å²) in [6.45, 7) is 9.22. The Morgan fingerprint density at radius 3 is 2.32 bits per heavy atom. The lowest BCUT2D eigenvalue weighted by atomic mass is 9.84. The number of hydrogen-bond donors (Lipinski definition) is 1. The van der Waals surface area contributed by atoms with E-state index in [0.29, 0.717) is 6.42 Å². The van der Waals surface area contributed by atoms with Crippen molar-refractivity contribution < 1.29 is 9.53 Å². The van der Waals surface area contributed by atoms with Gasteiger partial charge in [0, 0.05) is 12.6 Å². The molecule has 0 amide bonds. The topological polar surface area (TPSA) is 38.3 Å². The minimum Gasteiger partial charge on any atom is -0.469 e. The lowest BCUT2D eigenvalue weighted by Crippen LogP contribution is -2.41. The molecule has 0 heterocycles. The first kappa shape index (κ1) is 15.7. The van der Waals surface area contributed by atoms with Gasteiger partial charge in [0.15, 0.2) is 0 Å². The Hall–Kier alpha value is -1.35. The van der Waals surface area contributed by atoms with Crippen LogP contribution in [0.4, 0.5) is 0 Å². The predicted octanol–water partition coefficient (Wildman–Crippen LogP) is 3.06. The number of benzene rings is 1. The van der Waals surface area contributed by atoms with Crippen LogP contribution in [-0.2, 0) is 16.1 Å². The van der Waals surface area contributed by atoms with Crippen LogP contribution in [0, 0.1) is 12.3 Å². The second kappa shape index (κ2) is 6.71. The van der Waals surface area contributed by atoms with E-state index in [4.69, 9.17) is 4.74 Å². The highest BCUT2D eigenvalue weighted by Gasteiger charge is 2.26. The number of hydrogen-bond acceptors (Lipinski definition) is 3. The van der Waals surface area contributed by atoms with E-state index in [0.717, 1.165) is 6.54 Å². The summed E-state index contributed by atoms with van der Waals surface area (Å²) in [5.74, 6) is -0.170. The molecule has 0 aromatic heterocycles. The van der Waals surface area contributed by atoms with Crippen molar-refractivity contribution in [3.05, 3.63) is 35.4 Å². The van der Waals surface area contributed by atoms with E-state index >= 15 is 0 Å². The fraction of sp³-hybridized carbons (Fsp3) is 0.562. The first-order chi connectivity index (χ1) is 8.82. The number of carbonyl (C=O) groups is 1. The second-order valence-corrected chi connectivity index (χ2v) is 6.07. The summed E-state index contributed by atoms with van der Waals surface area (Å²) in [4.78, 5) is 11.5. The average molecular weight is 263 g/mol. The van der Waals surface area contributed by atoms with Crippen molar-refractivity contribution in [1.82, 2.24) is 5.32 Å². The molecule has 0 aliphatic carbocycles. The van der Waals surface area contributed by atoms with Crippen LogP contribution >= 0.6 is 0 Å². The van der Waals surface area contributed by atoms with Crippen molar-refractivity contribution in [1.29, 1.82) is 0 Å². The zero-order valence-corrected chi connectivity index (χ0v) is 12.6. The standard InChI is InChI=1S/C16H25NO2/c1-12-6-8-13(9-7-12)11-17-14(16(2,3)4)10-15(18)19-5/h6-9,14,17H,10-11H2,1-5H3. The molecule has 0 saturated carbocycles. The van der Waals surface area contributed by atoms with Gasteiger partial charge in [-0.15, -0.1) is 0 Å². The molecule has 106 valence electrons. The molecule has 0 aliphatic heterocycles. The third-order valence-corrected chi connectivity index (χ3v) is 3.32. The summed E-state index contributed by atoms with van der Waals surface area (Å²) in [6, 6.07) is 8.52. The van der Waals surface area contributed by atoms with E-state index < -0.39 is 0 Å². The van der Waals surface area contributed by atoms with Gasteiger partial charge in [0.05, 0.1) is 13.5 Å². The molecule has 1 aromatic carbocycles. The summed E-state index contributed by atoms with van der Waals surface area (Å²) in [6.07, 6.45) is 0.395. The van der Waals surface area contributed by atoms with Crippen molar-refractivity contribution in [2.75, 3.05) is 7.11 Å². The molecule has 0 fully saturated rings. The minimum atomic E-state index is -0.170. The number of carbonyl (C=O) groups excluding carboxylic acids is 1. The quantitative estimate of drug-likeness (QED) is 0.830. The van der Waals surface area contributed by atoms with Gasteiger partial charge in [-0.2, -0.15) is 0 Å². The molecular formula is C16H25NO2. The highest BCUT2D eigenvalue weighted by atomic mass is 16.5.